The molecule has 2 heterocycles. The van der Waals surface area contributed by atoms with Crippen molar-refractivity contribution in [3.8, 4) is 5.75 Å². The molecule has 0 amide bonds. The number of para-hydroxylation sites is 1. The second-order valence-corrected chi connectivity index (χ2v) is 7.08. The summed E-state index contributed by atoms with van der Waals surface area (Å²) < 4.78 is 6.25. The van der Waals surface area contributed by atoms with Crippen LogP contribution in [-0.4, -0.2) is 34.3 Å². The van der Waals surface area contributed by atoms with Gasteiger partial charge in [0, 0.05) is 44.6 Å². The predicted molar refractivity (Wildman–Crippen MR) is 96.4 cm³/mol. The zero-order chi connectivity index (χ0) is 18.1. The minimum Gasteiger partial charge on any atom is -0.486 e. The maximum atomic E-state index is 12.5. The highest BCUT2D eigenvalue weighted by atomic mass is 16.6. The van der Waals surface area contributed by atoms with Crippen LogP contribution < -0.4 is 4.74 Å². The minimum absolute atomic E-state index is 0.110. The molecule has 1 spiro atoms. The molecular weight excluding hydrogens is 332 g/mol. The smallest absolute Gasteiger partial charge is 0.269 e. The molecule has 4 rings (SSSR count). The van der Waals surface area contributed by atoms with E-state index < -0.39 is 5.60 Å². The van der Waals surface area contributed by atoms with E-state index in [1.54, 1.807) is 24.3 Å². The quantitative estimate of drug-likeness (QED) is 0.623. The molecule has 6 nitrogen and oxygen atoms in total. The molecule has 0 radical (unpaired) electrons. The Morgan fingerprint density at radius 3 is 2.46 bits per heavy atom. The Morgan fingerprint density at radius 2 is 1.77 bits per heavy atom. The number of Topliss-reactive ketones (excluding diaryl/α,β-unsaturated/α-hetero) is 1. The van der Waals surface area contributed by atoms with E-state index in [0.717, 1.165) is 38.0 Å². The Hall–Kier alpha value is -2.73. The number of nitro benzene ring substituents is 1. The van der Waals surface area contributed by atoms with Gasteiger partial charge in [-0.05, 0) is 17.7 Å². The number of nitro groups is 1. The van der Waals surface area contributed by atoms with Gasteiger partial charge in [0.15, 0.2) is 5.78 Å². The molecule has 2 aliphatic heterocycles. The maximum absolute atomic E-state index is 12.5. The summed E-state index contributed by atoms with van der Waals surface area (Å²) in [5, 5.41) is 10.7. The molecule has 0 unspecified atom stereocenters. The third-order valence-electron chi connectivity index (χ3n) is 5.32. The van der Waals surface area contributed by atoms with Crippen LogP contribution in [0.5, 0.6) is 5.75 Å². The van der Waals surface area contributed by atoms with E-state index in [1.165, 1.54) is 0 Å². The molecular formula is C20H20N2O4. The number of ketones is 1. The maximum Gasteiger partial charge on any atom is 0.269 e. The number of piperidine rings is 1. The third kappa shape index (κ3) is 3.20. The molecule has 26 heavy (non-hydrogen) atoms. The van der Waals surface area contributed by atoms with E-state index >= 15 is 0 Å². The highest BCUT2D eigenvalue weighted by molar-refractivity contribution is 6.00. The molecule has 1 saturated heterocycles. The van der Waals surface area contributed by atoms with E-state index in [1.807, 2.05) is 24.3 Å². The first-order valence-electron chi connectivity index (χ1n) is 8.82. The van der Waals surface area contributed by atoms with Gasteiger partial charge in [-0.3, -0.25) is 19.8 Å². The first-order chi connectivity index (χ1) is 12.5. The fourth-order valence-corrected chi connectivity index (χ4v) is 3.82. The van der Waals surface area contributed by atoms with Crippen molar-refractivity contribution in [2.24, 2.45) is 0 Å². The molecule has 0 N–H and O–H groups in total. The fourth-order valence-electron chi connectivity index (χ4n) is 3.82. The summed E-state index contributed by atoms with van der Waals surface area (Å²) in [5.41, 5.74) is 1.46. The molecule has 1 fully saturated rings. The molecule has 2 aromatic carbocycles. The second kappa shape index (κ2) is 6.53. The highest BCUT2D eigenvalue weighted by Gasteiger charge is 2.42. The molecule has 0 saturated carbocycles. The lowest BCUT2D eigenvalue weighted by Gasteiger charge is -2.44. The lowest BCUT2D eigenvalue weighted by molar-refractivity contribution is -0.384. The zero-order valence-electron chi connectivity index (χ0n) is 14.4. The van der Waals surface area contributed by atoms with Gasteiger partial charge in [0.25, 0.3) is 5.69 Å². The van der Waals surface area contributed by atoms with Crippen molar-refractivity contribution >= 4 is 11.5 Å². The fraction of sp³-hybridized carbons (Fsp3) is 0.350. The Morgan fingerprint density at radius 1 is 1.08 bits per heavy atom. The predicted octanol–water partition coefficient (Wildman–Crippen LogP) is 3.59. The SMILES string of the molecule is O=C1CC2(CCN(Cc3ccc([N+](=O)[O-])cc3)CC2)Oc2ccccc21. The number of carbonyl (C=O) groups is 1. The highest BCUT2D eigenvalue weighted by Crippen LogP contribution is 2.39. The van der Waals surface area contributed by atoms with Crippen molar-refractivity contribution in [2.75, 3.05) is 13.1 Å². The van der Waals surface area contributed by atoms with E-state index in [0.29, 0.717) is 17.7 Å². The van der Waals surface area contributed by atoms with Crippen molar-refractivity contribution < 1.29 is 14.5 Å². The number of nitrogens with zero attached hydrogens (tertiary/aromatic N) is 2. The van der Waals surface area contributed by atoms with Crippen molar-refractivity contribution in [3.05, 3.63) is 69.8 Å². The molecule has 0 aliphatic carbocycles. The van der Waals surface area contributed by atoms with E-state index in [-0.39, 0.29) is 16.4 Å². The summed E-state index contributed by atoms with van der Waals surface area (Å²) in [4.78, 5) is 25.1. The van der Waals surface area contributed by atoms with Gasteiger partial charge in [-0.1, -0.05) is 24.3 Å². The standard InChI is InChI=1S/C20H20N2O4/c23-18-13-20(26-19-4-2-1-3-17(18)19)9-11-21(12-10-20)14-15-5-7-16(8-6-15)22(24)25/h1-8H,9-14H2. The van der Waals surface area contributed by atoms with Gasteiger partial charge in [0.05, 0.1) is 16.9 Å². The van der Waals surface area contributed by atoms with Gasteiger partial charge < -0.3 is 4.74 Å². The van der Waals surface area contributed by atoms with Crippen LogP contribution in [0.3, 0.4) is 0 Å². The lowest BCUT2D eigenvalue weighted by atomic mass is 9.82. The normalized spacial score (nSPS) is 19.0. The molecule has 134 valence electrons. The Kier molecular flexibility index (Phi) is 4.20. The molecule has 2 aromatic rings. The Bertz CT molecular complexity index is 839. The second-order valence-electron chi connectivity index (χ2n) is 7.08. The van der Waals surface area contributed by atoms with Crippen LogP contribution in [0.2, 0.25) is 0 Å². The summed E-state index contributed by atoms with van der Waals surface area (Å²) in [6.45, 7) is 2.43. The van der Waals surface area contributed by atoms with Crippen LogP contribution in [0.1, 0.15) is 35.2 Å². The number of fused-ring (bicyclic) bond motifs is 1. The Labute approximate surface area is 151 Å². The summed E-state index contributed by atoms with van der Waals surface area (Å²) in [6, 6.07) is 14.2. The largest absolute Gasteiger partial charge is 0.486 e. The molecule has 0 aromatic heterocycles. The van der Waals surface area contributed by atoms with E-state index in [2.05, 4.69) is 4.90 Å². The average molecular weight is 352 g/mol. The van der Waals surface area contributed by atoms with E-state index in [4.69, 9.17) is 4.74 Å². The van der Waals surface area contributed by atoms with Gasteiger partial charge in [-0.15, -0.1) is 0 Å². The van der Waals surface area contributed by atoms with E-state index in [9.17, 15) is 14.9 Å². The van der Waals surface area contributed by atoms with Crippen LogP contribution in [0.15, 0.2) is 48.5 Å². The molecule has 0 atom stereocenters. The number of hydrogen-bond donors (Lipinski definition) is 0. The summed E-state index contributed by atoms with van der Waals surface area (Å²) in [7, 11) is 0. The number of hydrogen-bond acceptors (Lipinski definition) is 5. The van der Waals surface area contributed by atoms with Gasteiger partial charge >= 0.3 is 0 Å². The van der Waals surface area contributed by atoms with Gasteiger partial charge in [0.1, 0.15) is 11.4 Å². The number of rotatable bonds is 3. The number of carbonyl (C=O) groups excluding carboxylic acids is 1. The first kappa shape index (κ1) is 16.7. The van der Waals surface area contributed by atoms with Crippen LogP contribution in [-0.2, 0) is 6.54 Å². The average Bonchev–Trinajstić information content (AvgIpc) is 2.64. The monoisotopic (exact) mass is 352 g/mol. The van der Waals surface area contributed by atoms with Crippen LogP contribution in [0.25, 0.3) is 0 Å². The summed E-state index contributed by atoms with van der Waals surface area (Å²) in [5.74, 6) is 0.864. The number of benzene rings is 2. The van der Waals surface area contributed by atoms with Gasteiger partial charge in [-0.25, -0.2) is 0 Å². The molecule has 2 aliphatic rings. The first-order valence-corrected chi connectivity index (χ1v) is 8.82. The van der Waals surface area contributed by atoms with Crippen LogP contribution in [0.4, 0.5) is 5.69 Å². The van der Waals surface area contributed by atoms with Crippen molar-refractivity contribution in [1.82, 2.24) is 4.90 Å². The van der Waals surface area contributed by atoms with Crippen molar-refractivity contribution in [3.63, 3.8) is 0 Å². The zero-order valence-corrected chi connectivity index (χ0v) is 14.4. The molecule has 6 heteroatoms. The van der Waals surface area contributed by atoms with Crippen LogP contribution >= 0.6 is 0 Å². The molecule has 0 bridgehead atoms. The minimum atomic E-state index is -0.391. The van der Waals surface area contributed by atoms with Crippen LogP contribution in [0, 0.1) is 10.1 Å². The van der Waals surface area contributed by atoms with Crippen molar-refractivity contribution in [2.45, 2.75) is 31.4 Å². The number of likely N-dealkylation sites (tertiary alicyclic amines) is 1. The topological polar surface area (TPSA) is 72.7 Å². The van der Waals surface area contributed by atoms with Gasteiger partial charge in [-0.2, -0.15) is 0 Å². The number of non-ortho nitro benzene ring substituents is 1. The third-order valence-corrected chi connectivity index (χ3v) is 5.32. The lowest BCUT2D eigenvalue weighted by Crippen LogP contribution is -2.50. The number of ether oxygens (including phenoxy) is 1. The van der Waals surface area contributed by atoms with Crippen molar-refractivity contribution in [1.29, 1.82) is 0 Å². The van der Waals surface area contributed by atoms with Gasteiger partial charge in [0.2, 0.25) is 0 Å². The Balaban J connectivity index is 1.40. The summed E-state index contributed by atoms with van der Waals surface area (Å²) in [6.07, 6.45) is 2.05. The summed E-state index contributed by atoms with van der Waals surface area (Å²) >= 11 is 0.